The number of halogens is 2. The molecule has 0 saturated heterocycles. The Morgan fingerprint density at radius 2 is 1.77 bits per heavy atom. The molecule has 0 spiro atoms. The number of aromatic nitrogens is 2. The second kappa shape index (κ2) is 16.9. The van der Waals surface area contributed by atoms with Crippen molar-refractivity contribution in [2.75, 3.05) is 31.7 Å². The van der Waals surface area contributed by atoms with Gasteiger partial charge < -0.3 is 24.4 Å². The van der Waals surface area contributed by atoms with Crippen molar-refractivity contribution in [1.82, 2.24) is 15.3 Å². The number of Topliss-reactive ketones (excluding diaryl/α,β-unsaturated/α-hetero) is 1. The van der Waals surface area contributed by atoms with Crippen LogP contribution in [0.15, 0.2) is 54.7 Å². The topological polar surface area (TPSA) is 137 Å². The summed E-state index contributed by atoms with van der Waals surface area (Å²) in [4.78, 5) is 59.2. The Kier molecular flexibility index (Phi) is 12.7. The minimum atomic E-state index is -0.482. The highest BCUT2D eigenvalue weighted by atomic mass is 35.5. The van der Waals surface area contributed by atoms with Crippen LogP contribution in [0.5, 0.6) is 11.5 Å². The maximum atomic E-state index is 13.0. The van der Waals surface area contributed by atoms with Crippen molar-refractivity contribution >= 4 is 63.4 Å². The third-order valence-corrected chi connectivity index (χ3v) is 8.10. The van der Waals surface area contributed by atoms with Crippen LogP contribution in [0.1, 0.15) is 54.0 Å². The Morgan fingerprint density at radius 3 is 2.48 bits per heavy atom. The lowest BCUT2D eigenvalue weighted by Crippen LogP contribution is -2.38. The van der Waals surface area contributed by atoms with Crippen LogP contribution in [0.4, 0.5) is 5.69 Å². The lowest BCUT2D eigenvalue weighted by Gasteiger charge is -2.21. The van der Waals surface area contributed by atoms with Crippen molar-refractivity contribution in [3.63, 3.8) is 0 Å². The van der Waals surface area contributed by atoms with E-state index in [4.69, 9.17) is 37.4 Å². The molecule has 0 fully saturated rings. The molecule has 13 heteroatoms. The van der Waals surface area contributed by atoms with Gasteiger partial charge in [0.1, 0.15) is 29.3 Å². The summed E-state index contributed by atoms with van der Waals surface area (Å²) in [7, 11) is 1.55. The van der Waals surface area contributed by atoms with E-state index in [1.165, 1.54) is 4.90 Å². The summed E-state index contributed by atoms with van der Waals surface area (Å²) in [6.45, 7) is 5.01. The molecular formula is C35H36Cl2N4O7. The molecule has 48 heavy (non-hydrogen) atoms. The van der Waals surface area contributed by atoms with Crippen molar-refractivity contribution in [3.05, 3.63) is 87.3 Å². The van der Waals surface area contributed by atoms with Gasteiger partial charge in [-0.15, -0.1) is 0 Å². The summed E-state index contributed by atoms with van der Waals surface area (Å²) in [6.07, 6.45) is 2.50. The predicted molar refractivity (Wildman–Crippen MR) is 183 cm³/mol. The molecule has 4 rings (SSSR count). The molecule has 0 atom stereocenters. The average molecular weight is 696 g/mol. The van der Waals surface area contributed by atoms with Gasteiger partial charge in [-0.3, -0.25) is 19.4 Å². The van der Waals surface area contributed by atoms with E-state index in [2.05, 4.69) is 15.3 Å². The van der Waals surface area contributed by atoms with E-state index < -0.39 is 11.9 Å². The quantitative estimate of drug-likeness (QED) is 0.116. The molecule has 2 amide bonds. The minimum absolute atomic E-state index is 0.0412. The number of carbonyl (C=O) groups excluding carboxylic acids is 4. The number of rotatable bonds is 15. The molecule has 1 N–H and O–H groups in total. The van der Waals surface area contributed by atoms with Gasteiger partial charge in [-0.05, 0) is 56.2 Å². The van der Waals surface area contributed by atoms with Gasteiger partial charge in [-0.25, -0.2) is 9.78 Å². The number of anilines is 1. The fraction of sp³-hybridized carbons (Fsp3) is 0.314. The highest BCUT2D eigenvalue weighted by Crippen LogP contribution is 2.36. The Balaban J connectivity index is 1.39. The van der Waals surface area contributed by atoms with E-state index in [1.54, 1.807) is 82.5 Å². The molecule has 2 aromatic heterocycles. The summed E-state index contributed by atoms with van der Waals surface area (Å²) in [5.41, 5.74) is 3.20. The number of nitrogens with zero attached hydrogens (tertiary/aromatic N) is 3. The van der Waals surface area contributed by atoms with Crippen molar-refractivity contribution in [2.45, 2.75) is 46.6 Å². The number of esters is 1. The van der Waals surface area contributed by atoms with Gasteiger partial charge in [0, 0.05) is 53.8 Å². The third-order valence-electron chi connectivity index (χ3n) is 7.33. The van der Waals surface area contributed by atoms with Crippen molar-refractivity contribution in [3.8, 4) is 11.5 Å². The van der Waals surface area contributed by atoms with Crippen LogP contribution in [-0.4, -0.2) is 60.3 Å². The maximum Gasteiger partial charge on any atom is 0.344 e. The Labute approximate surface area is 288 Å². The molecule has 0 aliphatic carbocycles. The second-order valence-electron chi connectivity index (χ2n) is 10.7. The monoisotopic (exact) mass is 694 g/mol. The van der Waals surface area contributed by atoms with E-state index >= 15 is 0 Å². The smallest absolute Gasteiger partial charge is 0.344 e. The van der Waals surface area contributed by atoms with Crippen molar-refractivity contribution in [2.24, 2.45) is 0 Å². The largest absolute Gasteiger partial charge is 0.487 e. The first kappa shape index (κ1) is 36.1. The molecule has 0 saturated carbocycles. The standard InChI is InChI=1S/C35H36Cl2N4O7/c1-5-28(42)26-13-10-22(17-38-26)11-15-31(43)39-18-32(44)41(4)27-14-12-25(36)24(34(27)37)19-47-29-9-7-8-23-30(16-21(3)40-35(23)29)48-20-33(45)46-6-2/h7-10,12-14,16-17H,5-6,11,15,18-20H2,1-4H3,(H,39,43). The molecular weight excluding hydrogens is 659 g/mol. The molecule has 0 radical (unpaired) electrons. The van der Waals surface area contributed by atoms with Crippen LogP contribution >= 0.6 is 23.2 Å². The highest BCUT2D eigenvalue weighted by molar-refractivity contribution is 6.38. The summed E-state index contributed by atoms with van der Waals surface area (Å²) < 4.78 is 16.8. The number of nitrogens with one attached hydrogen (secondary N) is 1. The van der Waals surface area contributed by atoms with Gasteiger partial charge in [0.05, 0.1) is 23.9 Å². The van der Waals surface area contributed by atoms with Gasteiger partial charge in [0.15, 0.2) is 12.4 Å². The number of para-hydroxylation sites is 1. The molecule has 252 valence electrons. The van der Waals surface area contributed by atoms with Crippen LogP contribution in [-0.2, 0) is 32.1 Å². The summed E-state index contributed by atoms with van der Waals surface area (Å²) in [5, 5.41) is 3.83. The van der Waals surface area contributed by atoms with E-state index in [1.807, 2.05) is 0 Å². The number of aryl methyl sites for hydroxylation is 2. The van der Waals surface area contributed by atoms with Gasteiger partial charge in [0.25, 0.3) is 0 Å². The van der Waals surface area contributed by atoms with E-state index in [9.17, 15) is 19.2 Å². The van der Waals surface area contributed by atoms with Gasteiger partial charge in [-0.1, -0.05) is 42.3 Å². The number of amides is 2. The molecule has 2 heterocycles. The molecule has 4 aromatic rings. The first-order chi connectivity index (χ1) is 23.0. The number of ether oxygens (including phenoxy) is 3. The van der Waals surface area contributed by atoms with Gasteiger partial charge in [0.2, 0.25) is 11.8 Å². The number of ketones is 1. The number of likely N-dealkylation sites (N-methyl/N-ethyl adjacent to an activating group) is 1. The molecule has 2 aromatic carbocycles. The Bertz CT molecular complexity index is 1820. The van der Waals surface area contributed by atoms with E-state index in [0.717, 1.165) is 5.56 Å². The molecule has 0 unspecified atom stereocenters. The number of hydrogen-bond donors (Lipinski definition) is 1. The fourth-order valence-electron chi connectivity index (χ4n) is 4.71. The highest BCUT2D eigenvalue weighted by Gasteiger charge is 2.20. The van der Waals surface area contributed by atoms with Crippen molar-refractivity contribution in [1.29, 1.82) is 0 Å². The fourth-order valence-corrected chi connectivity index (χ4v) is 5.31. The average Bonchev–Trinajstić information content (AvgIpc) is 3.08. The summed E-state index contributed by atoms with van der Waals surface area (Å²) in [5.74, 6) is -0.346. The lowest BCUT2D eigenvalue weighted by molar-refractivity contribution is -0.145. The zero-order valence-corrected chi connectivity index (χ0v) is 28.6. The number of fused-ring (bicyclic) bond motifs is 1. The number of pyridine rings is 2. The molecule has 0 aliphatic heterocycles. The number of carbonyl (C=O) groups is 4. The van der Waals surface area contributed by atoms with Crippen LogP contribution in [0, 0.1) is 6.92 Å². The minimum Gasteiger partial charge on any atom is -0.487 e. The third kappa shape index (κ3) is 9.20. The summed E-state index contributed by atoms with van der Waals surface area (Å²) in [6, 6.07) is 13.7. The van der Waals surface area contributed by atoms with Gasteiger partial charge >= 0.3 is 5.97 Å². The van der Waals surface area contributed by atoms with Crippen molar-refractivity contribution < 1.29 is 33.4 Å². The van der Waals surface area contributed by atoms with Crippen LogP contribution in [0.3, 0.4) is 0 Å². The second-order valence-corrected chi connectivity index (χ2v) is 11.5. The van der Waals surface area contributed by atoms with Crippen LogP contribution in [0.25, 0.3) is 10.9 Å². The van der Waals surface area contributed by atoms with Crippen LogP contribution < -0.4 is 19.7 Å². The van der Waals surface area contributed by atoms with Crippen LogP contribution in [0.2, 0.25) is 10.0 Å². The Morgan fingerprint density at radius 1 is 0.979 bits per heavy atom. The van der Waals surface area contributed by atoms with E-state index in [0.29, 0.717) is 62.9 Å². The SMILES string of the molecule is CCOC(=O)COc1cc(C)nc2c(OCc3c(Cl)ccc(N(C)C(=O)CNC(=O)CCc4ccc(C(=O)CC)nc4)c3Cl)cccc12. The van der Waals surface area contributed by atoms with E-state index in [-0.39, 0.29) is 49.5 Å². The predicted octanol–water partition coefficient (Wildman–Crippen LogP) is 6.07. The normalized spacial score (nSPS) is 10.8. The number of hydrogen-bond acceptors (Lipinski definition) is 9. The zero-order valence-electron chi connectivity index (χ0n) is 27.1. The molecule has 11 nitrogen and oxygen atoms in total. The summed E-state index contributed by atoms with van der Waals surface area (Å²) >= 11 is 13.3. The first-order valence-corrected chi connectivity index (χ1v) is 16.1. The Hall–Kier alpha value is -4.74. The maximum absolute atomic E-state index is 13.0. The molecule has 0 aliphatic rings. The first-order valence-electron chi connectivity index (χ1n) is 15.3. The molecule has 0 bridgehead atoms. The number of benzene rings is 2. The lowest BCUT2D eigenvalue weighted by atomic mass is 10.1. The zero-order chi connectivity index (χ0) is 34.8. The van der Waals surface area contributed by atoms with Gasteiger partial charge in [-0.2, -0.15) is 0 Å².